The Hall–Kier alpha value is -2.77. The van der Waals surface area contributed by atoms with E-state index in [-0.39, 0.29) is 36.6 Å². The Balaban J connectivity index is 1.47. The number of H-pyrrole nitrogens is 1. The Labute approximate surface area is 125 Å². The second-order valence-corrected chi connectivity index (χ2v) is 5.55. The molecule has 2 saturated heterocycles. The van der Waals surface area contributed by atoms with Crippen molar-refractivity contribution >= 4 is 28.8 Å². The molecule has 0 aliphatic carbocycles. The first kappa shape index (κ1) is 12.9. The number of hydrogen-bond donors (Lipinski definition) is 1. The van der Waals surface area contributed by atoms with E-state index in [1.54, 1.807) is 23.1 Å². The Bertz CT molecular complexity index is 777. The molecule has 1 N–H and O–H groups in total. The third-order valence-corrected chi connectivity index (χ3v) is 4.17. The van der Waals surface area contributed by atoms with E-state index in [1.165, 1.54) is 4.90 Å². The molecule has 0 unspecified atom stereocenters. The molecular formula is C14H13N5O3. The smallest absolute Gasteiger partial charge is 0.254 e. The van der Waals surface area contributed by atoms with Gasteiger partial charge in [0.25, 0.3) is 5.91 Å². The number of carbonyl (C=O) groups is 3. The molecule has 4 rings (SSSR count). The van der Waals surface area contributed by atoms with Crippen LogP contribution in [0.4, 0.5) is 0 Å². The normalized spacial score (nSPS) is 19.1. The molecular weight excluding hydrogens is 286 g/mol. The number of nitrogens with one attached hydrogen (secondary N) is 1. The fourth-order valence-electron chi connectivity index (χ4n) is 2.94. The van der Waals surface area contributed by atoms with Crippen LogP contribution < -0.4 is 0 Å². The first-order chi connectivity index (χ1) is 10.6. The molecule has 2 aromatic rings. The Morgan fingerprint density at radius 1 is 1.09 bits per heavy atom. The van der Waals surface area contributed by atoms with Gasteiger partial charge in [0, 0.05) is 31.5 Å². The average Bonchev–Trinajstić information content (AvgIpc) is 3.05. The zero-order valence-corrected chi connectivity index (χ0v) is 11.7. The van der Waals surface area contributed by atoms with Crippen molar-refractivity contribution in [3.8, 4) is 0 Å². The number of nitrogens with zero attached hydrogens (tertiary/aromatic N) is 4. The van der Waals surface area contributed by atoms with Crippen LogP contribution in [0.2, 0.25) is 0 Å². The molecule has 112 valence electrons. The van der Waals surface area contributed by atoms with Gasteiger partial charge in [-0.2, -0.15) is 15.4 Å². The van der Waals surface area contributed by atoms with Crippen molar-refractivity contribution in [2.75, 3.05) is 13.1 Å². The summed E-state index contributed by atoms with van der Waals surface area (Å²) >= 11 is 0. The number of rotatable bonds is 2. The molecule has 2 aliphatic heterocycles. The van der Waals surface area contributed by atoms with Gasteiger partial charge in [-0.1, -0.05) is 0 Å². The van der Waals surface area contributed by atoms with E-state index in [4.69, 9.17) is 0 Å². The van der Waals surface area contributed by atoms with Gasteiger partial charge >= 0.3 is 0 Å². The lowest BCUT2D eigenvalue weighted by Crippen LogP contribution is -2.62. The second kappa shape index (κ2) is 4.62. The van der Waals surface area contributed by atoms with Gasteiger partial charge in [-0.25, -0.2) is 0 Å². The number of hydrogen-bond acceptors (Lipinski definition) is 5. The molecule has 2 aliphatic rings. The average molecular weight is 299 g/mol. The maximum absolute atomic E-state index is 12.4. The topological polar surface area (TPSA) is 99.3 Å². The summed E-state index contributed by atoms with van der Waals surface area (Å²) in [5.74, 6) is -0.391. The van der Waals surface area contributed by atoms with Crippen molar-refractivity contribution < 1.29 is 14.4 Å². The fraction of sp³-hybridized carbons (Fsp3) is 0.357. The van der Waals surface area contributed by atoms with Crippen LogP contribution in [-0.2, 0) is 9.59 Å². The van der Waals surface area contributed by atoms with Crippen LogP contribution in [0.5, 0.6) is 0 Å². The monoisotopic (exact) mass is 299 g/mol. The molecule has 1 aromatic carbocycles. The number of benzene rings is 1. The van der Waals surface area contributed by atoms with E-state index in [0.29, 0.717) is 29.7 Å². The summed E-state index contributed by atoms with van der Waals surface area (Å²) in [4.78, 5) is 38.7. The molecule has 0 atom stereocenters. The SMILES string of the molecule is O=C(c1ccc2n[nH]nc2c1)N1CC(N2C(=O)CCC2=O)C1. The largest absolute Gasteiger partial charge is 0.334 e. The fourth-order valence-corrected chi connectivity index (χ4v) is 2.94. The van der Waals surface area contributed by atoms with Gasteiger partial charge in [0.1, 0.15) is 11.0 Å². The van der Waals surface area contributed by atoms with Gasteiger partial charge in [0.05, 0.1) is 6.04 Å². The molecule has 8 heteroatoms. The quantitative estimate of drug-likeness (QED) is 0.783. The van der Waals surface area contributed by atoms with Crippen LogP contribution in [0.1, 0.15) is 23.2 Å². The van der Waals surface area contributed by atoms with E-state index < -0.39 is 0 Å². The van der Waals surface area contributed by atoms with Crippen molar-refractivity contribution in [3.05, 3.63) is 23.8 Å². The molecule has 8 nitrogen and oxygen atoms in total. The summed E-state index contributed by atoms with van der Waals surface area (Å²) in [6, 6.07) is 4.94. The van der Waals surface area contributed by atoms with Crippen LogP contribution in [0.15, 0.2) is 18.2 Å². The lowest BCUT2D eigenvalue weighted by molar-refractivity contribution is -0.144. The molecule has 2 fully saturated rings. The highest BCUT2D eigenvalue weighted by Crippen LogP contribution is 2.24. The van der Waals surface area contributed by atoms with Gasteiger partial charge in [-0.05, 0) is 18.2 Å². The summed E-state index contributed by atoms with van der Waals surface area (Å²) in [6.45, 7) is 0.792. The number of fused-ring (bicyclic) bond motifs is 1. The Kier molecular flexibility index (Phi) is 2.72. The maximum Gasteiger partial charge on any atom is 0.254 e. The molecule has 3 amide bonds. The van der Waals surface area contributed by atoms with Gasteiger partial charge in [-0.3, -0.25) is 19.3 Å². The molecule has 0 radical (unpaired) electrons. The molecule has 22 heavy (non-hydrogen) atoms. The Morgan fingerprint density at radius 3 is 2.50 bits per heavy atom. The third-order valence-electron chi connectivity index (χ3n) is 4.17. The molecule has 0 spiro atoms. The number of amides is 3. The maximum atomic E-state index is 12.4. The van der Waals surface area contributed by atoms with Crippen LogP contribution in [0, 0.1) is 0 Å². The van der Waals surface area contributed by atoms with E-state index in [0.717, 1.165) is 0 Å². The van der Waals surface area contributed by atoms with E-state index in [2.05, 4.69) is 15.4 Å². The number of aromatic amines is 1. The van der Waals surface area contributed by atoms with Gasteiger partial charge in [-0.15, -0.1) is 0 Å². The summed E-state index contributed by atoms with van der Waals surface area (Å²) in [6.07, 6.45) is 0.568. The van der Waals surface area contributed by atoms with Crippen molar-refractivity contribution in [2.45, 2.75) is 18.9 Å². The van der Waals surface area contributed by atoms with Crippen molar-refractivity contribution in [2.24, 2.45) is 0 Å². The van der Waals surface area contributed by atoms with Crippen LogP contribution in [-0.4, -0.2) is 62.1 Å². The zero-order chi connectivity index (χ0) is 15.3. The summed E-state index contributed by atoms with van der Waals surface area (Å²) in [5, 5.41) is 10.4. The summed E-state index contributed by atoms with van der Waals surface area (Å²) in [7, 11) is 0. The minimum atomic E-state index is -0.178. The number of aromatic nitrogens is 3. The molecule has 1 aromatic heterocycles. The van der Waals surface area contributed by atoms with Gasteiger partial charge < -0.3 is 4.90 Å². The van der Waals surface area contributed by atoms with Crippen LogP contribution in [0.25, 0.3) is 11.0 Å². The molecule has 0 saturated carbocycles. The minimum absolute atomic E-state index is 0.125. The van der Waals surface area contributed by atoms with Crippen molar-refractivity contribution in [3.63, 3.8) is 0 Å². The summed E-state index contributed by atoms with van der Waals surface area (Å²) in [5.41, 5.74) is 1.86. The lowest BCUT2D eigenvalue weighted by Gasteiger charge is -2.43. The summed E-state index contributed by atoms with van der Waals surface area (Å²) < 4.78 is 0. The highest BCUT2D eigenvalue weighted by molar-refractivity contribution is 6.03. The predicted molar refractivity (Wildman–Crippen MR) is 74.7 cm³/mol. The number of imide groups is 1. The van der Waals surface area contributed by atoms with Crippen LogP contribution in [0.3, 0.4) is 0 Å². The molecule has 3 heterocycles. The zero-order valence-electron chi connectivity index (χ0n) is 11.7. The lowest BCUT2D eigenvalue weighted by atomic mass is 10.0. The van der Waals surface area contributed by atoms with Crippen molar-refractivity contribution in [1.29, 1.82) is 0 Å². The second-order valence-electron chi connectivity index (χ2n) is 5.55. The number of likely N-dealkylation sites (tertiary alicyclic amines) is 2. The first-order valence-electron chi connectivity index (χ1n) is 7.08. The predicted octanol–water partition coefficient (Wildman–Crippen LogP) is -0.0687. The van der Waals surface area contributed by atoms with Crippen LogP contribution >= 0.6 is 0 Å². The first-order valence-corrected chi connectivity index (χ1v) is 7.08. The highest BCUT2D eigenvalue weighted by atomic mass is 16.2. The number of carbonyl (C=O) groups excluding carboxylic acids is 3. The highest BCUT2D eigenvalue weighted by Gasteiger charge is 2.42. The molecule has 0 bridgehead atoms. The standard InChI is InChI=1S/C14H13N5O3/c20-12-3-4-13(21)19(12)9-6-18(7-9)14(22)8-1-2-10-11(5-8)16-17-15-10/h1-2,5,9H,3-4,6-7H2,(H,15,16,17). The minimum Gasteiger partial charge on any atom is -0.334 e. The van der Waals surface area contributed by atoms with E-state index >= 15 is 0 Å². The van der Waals surface area contributed by atoms with Gasteiger partial charge in [0.2, 0.25) is 11.8 Å². The van der Waals surface area contributed by atoms with E-state index in [1.807, 2.05) is 0 Å². The van der Waals surface area contributed by atoms with E-state index in [9.17, 15) is 14.4 Å². The van der Waals surface area contributed by atoms with Gasteiger partial charge in [0.15, 0.2) is 0 Å². The third kappa shape index (κ3) is 1.87. The Morgan fingerprint density at radius 2 is 1.77 bits per heavy atom. The van der Waals surface area contributed by atoms with Crippen molar-refractivity contribution in [1.82, 2.24) is 25.2 Å².